The van der Waals surface area contributed by atoms with E-state index in [0.29, 0.717) is 0 Å². The predicted molar refractivity (Wildman–Crippen MR) is 76.6 cm³/mol. The third-order valence-electron chi connectivity index (χ3n) is 3.05. The fraction of sp³-hybridized carbons (Fsp3) is 0.188. The van der Waals surface area contributed by atoms with Crippen molar-refractivity contribution in [1.82, 2.24) is 5.32 Å². The summed E-state index contributed by atoms with van der Waals surface area (Å²) in [4.78, 5) is 12.0. The summed E-state index contributed by atoms with van der Waals surface area (Å²) in [5.74, 6) is -0.481. The summed E-state index contributed by atoms with van der Waals surface area (Å²) >= 11 is 0. The molecule has 0 aromatic heterocycles. The summed E-state index contributed by atoms with van der Waals surface area (Å²) < 4.78 is 28.6. The van der Waals surface area contributed by atoms with Gasteiger partial charge in [0.05, 0.1) is 6.61 Å². The van der Waals surface area contributed by atoms with Gasteiger partial charge >= 0.3 is 6.61 Å². The van der Waals surface area contributed by atoms with E-state index < -0.39 is 12.5 Å². The van der Waals surface area contributed by atoms with Crippen molar-refractivity contribution in [2.75, 3.05) is 0 Å². The number of halogens is 2. The fourth-order valence-corrected chi connectivity index (χ4v) is 1.98. The van der Waals surface area contributed by atoms with E-state index in [1.54, 1.807) is 24.3 Å². The monoisotopic (exact) mass is 307 g/mol. The van der Waals surface area contributed by atoms with Crippen LogP contribution in [0, 0.1) is 0 Å². The van der Waals surface area contributed by atoms with Gasteiger partial charge in [0, 0.05) is 12.1 Å². The number of carbonyl (C=O) groups excluding carboxylic acids is 1. The highest BCUT2D eigenvalue weighted by Gasteiger charge is 2.10. The molecule has 1 amide bonds. The van der Waals surface area contributed by atoms with Crippen molar-refractivity contribution in [3.8, 4) is 5.75 Å². The summed E-state index contributed by atoms with van der Waals surface area (Å²) in [6.07, 6.45) is 0. The maximum absolute atomic E-state index is 12.2. The van der Waals surface area contributed by atoms with Crippen molar-refractivity contribution in [1.29, 1.82) is 0 Å². The summed E-state index contributed by atoms with van der Waals surface area (Å²) in [5, 5.41) is 11.9. The average Bonchev–Trinajstić information content (AvgIpc) is 2.52. The molecule has 0 saturated carbocycles. The van der Waals surface area contributed by atoms with Crippen molar-refractivity contribution < 1.29 is 23.4 Å². The van der Waals surface area contributed by atoms with Gasteiger partial charge in [0.25, 0.3) is 5.91 Å². The molecule has 0 aliphatic rings. The predicted octanol–water partition coefficient (Wildman–Crippen LogP) is 2.71. The van der Waals surface area contributed by atoms with Crippen LogP contribution in [-0.4, -0.2) is 17.6 Å². The van der Waals surface area contributed by atoms with Gasteiger partial charge in [0.15, 0.2) is 0 Å². The van der Waals surface area contributed by atoms with E-state index in [1.165, 1.54) is 24.3 Å². The van der Waals surface area contributed by atoms with Crippen LogP contribution in [0.15, 0.2) is 48.5 Å². The molecular formula is C16H15F2NO3. The number of nitrogens with one attached hydrogen (secondary N) is 1. The zero-order valence-electron chi connectivity index (χ0n) is 11.6. The molecule has 2 aromatic rings. The van der Waals surface area contributed by atoms with Gasteiger partial charge in [-0.15, -0.1) is 0 Å². The highest BCUT2D eigenvalue weighted by Crippen LogP contribution is 2.16. The quantitative estimate of drug-likeness (QED) is 0.862. The van der Waals surface area contributed by atoms with E-state index in [-0.39, 0.29) is 24.5 Å². The molecule has 2 aromatic carbocycles. The van der Waals surface area contributed by atoms with Crippen LogP contribution in [0.5, 0.6) is 5.75 Å². The SMILES string of the molecule is O=C(NCc1ccccc1CO)c1cccc(OC(F)F)c1. The Kier molecular flexibility index (Phi) is 5.43. The molecule has 6 heteroatoms. The molecule has 4 nitrogen and oxygen atoms in total. The van der Waals surface area contributed by atoms with E-state index in [9.17, 15) is 18.7 Å². The van der Waals surface area contributed by atoms with Crippen LogP contribution in [0.2, 0.25) is 0 Å². The van der Waals surface area contributed by atoms with Gasteiger partial charge in [-0.05, 0) is 29.3 Å². The highest BCUT2D eigenvalue weighted by molar-refractivity contribution is 5.94. The minimum atomic E-state index is -2.94. The smallest absolute Gasteiger partial charge is 0.387 e. The minimum Gasteiger partial charge on any atom is -0.435 e. The molecule has 0 aliphatic carbocycles. The van der Waals surface area contributed by atoms with Crippen molar-refractivity contribution in [3.63, 3.8) is 0 Å². The largest absolute Gasteiger partial charge is 0.435 e. The third kappa shape index (κ3) is 4.26. The first-order chi connectivity index (χ1) is 10.6. The van der Waals surface area contributed by atoms with Crippen molar-refractivity contribution in [3.05, 3.63) is 65.2 Å². The summed E-state index contributed by atoms with van der Waals surface area (Å²) in [7, 11) is 0. The standard InChI is InChI=1S/C16H15F2NO3/c17-16(18)22-14-7-3-6-11(8-14)15(21)19-9-12-4-1-2-5-13(12)10-20/h1-8,16,20H,9-10H2,(H,19,21). The first kappa shape index (κ1) is 15.9. The maximum atomic E-state index is 12.2. The van der Waals surface area contributed by atoms with E-state index in [2.05, 4.69) is 10.1 Å². The molecule has 2 rings (SSSR count). The van der Waals surface area contributed by atoms with Crippen LogP contribution >= 0.6 is 0 Å². The topological polar surface area (TPSA) is 58.6 Å². The molecule has 0 bridgehead atoms. The van der Waals surface area contributed by atoms with Crippen LogP contribution in [-0.2, 0) is 13.2 Å². The number of carbonyl (C=O) groups is 1. The Morgan fingerprint density at radius 3 is 2.55 bits per heavy atom. The normalized spacial score (nSPS) is 10.5. The van der Waals surface area contributed by atoms with Gasteiger partial charge in [-0.25, -0.2) is 0 Å². The Morgan fingerprint density at radius 2 is 1.86 bits per heavy atom. The van der Waals surface area contributed by atoms with Crippen LogP contribution in [0.4, 0.5) is 8.78 Å². The second kappa shape index (κ2) is 7.51. The molecule has 0 spiro atoms. The number of benzene rings is 2. The number of aliphatic hydroxyl groups excluding tert-OH is 1. The lowest BCUT2D eigenvalue weighted by atomic mass is 10.1. The van der Waals surface area contributed by atoms with E-state index in [0.717, 1.165) is 11.1 Å². The van der Waals surface area contributed by atoms with Gasteiger partial charge in [0.1, 0.15) is 5.75 Å². The lowest BCUT2D eigenvalue weighted by molar-refractivity contribution is -0.0498. The Labute approximate surface area is 126 Å². The molecule has 22 heavy (non-hydrogen) atoms. The van der Waals surface area contributed by atoms with Gasteiger partial charge in [-0.1, -0.05) is 30.3 Å². The van der Waals surface area contributed by atoms with Crippen molar-refractivity contribution >= 4 is 5.91 Å². The third-order valence-corrected chi connectivity index (χ3v) is 3.05. The maximum Gasteiger partial charge on any atom is 0.387 e. The molecule has 0 atom stereocenters. The lowest BCUT2D eigenvalue weighted by Gasteiger charge is -2.10. The number of aliphatic hydroxyl groups is 1. The first-order valence-electron chi connectivity index (χ1n) is 6.61. The minimum absolute atomic E-state index is 0.0709. The zero-order chi connectivity index (χ0) is 15.9. The second-order valence-electron chi connectivity index (χ2n) is 4.52. The Balaban J connectivity index is 2.03. The van der Waals surface area contributed by atoms with Crippen LogP contribution < -0.4 is 10.1 Å². The van der Waals surface area contributed by atoms with Gasteiger partial charge in [-0.3, -0.25) is 4.79 Å². The summed E-state index contributed by atoms with van der Waals surface area (Å²) in [6.45, 7) is -2.83. The molecular weight excluding hydrogens is 292 g/mol. The van der Waals surface area contributed by atoms with E-state index >= 15 is 0 Å². The highest BCUT2D eigenvalue weighted by atomic mass is 19.3. The Morgan fingerprint density at radius 1 is 1.14 bits per heavy atom. The number of rotatable bonds is 6. The van der Waals surface area contributed by atoms with Gasteiger partial charge in [0.2, 0.25) is 0 Å². The first-order valence-corrected chi connectivity index (χ1v) is 6.61. The molecule has 0 heterocycles. The second-order valence-corrected chi connectivity index (χ2v) is 4.52. The number of ether oxygens (including phenoxy) is 1. The number of hydrogen-bond donors (Lipinski definition) is 2. The molecule has 2 N–H and O–H groups in total. The van der Waals surface area contributed by atoms with E-state index in [1.807, 2.05) is 0 Å². The molecule has 0 fully saturated rings. The number of amides is 1. The molecule has 0 unspecified atom stereocenters. The number of alkyl halides is 2. The van der Waals surface area contributed by atoms with Crippen LogP contribution in [0.1, 0.15) is 21.5 Å². The molecule has 116 valence electrons. The molecule has 0 saturated heterocycles. The van der Waals surface area contributed by atoms with Gasteiger partial charge in [-0.2, -0.15) is 8.78 Å². The van der Waals surface area contributed by atoms with Crippen molar-refractivity contribution in [2.45, 2.75) is 19.8 Å². The van der Waals surface area contributed by atoms with E-state index in [4.69, 9.17) is 0 Å². The molecule has 0 aliphatic heterocycles. The summed E-state index contributed by atoms with van der Waals surface area (Å²) in [6, 6.07) is 12.7. The Bertz CT molecular complexity index is 647. The van der Waals surface area contributed by atoms with Crippen LogP contribution in [0.3, 0.4) is 0 Å². The number of hydrogen-bond acceptors (Lipinski definition) is 3. The zero-order valence-corrected chi connectivity index (χ0v) is 11.6. The lowest BCUT2D eigenvalue weighted by Crippen LogP contribution is -2.23. The fourth-order valence-electron chi connectivity index (χ4n) is 1.98. The van der Waals surface area contributed by atoms with Gasteiger partial charge < -0.3 is 15.2 Å². The van der Waals surface area contributed by atoms with Crippen LogP contribution in [0.25, 0.3) is 0 Å². The molecule has 0 radical (unpaired) electrons. The van der Waals surface area contributed by atoms with Crippen molar-refractivity contribution in [2.24, 2.45) is 0 Å². The summed E-state index contributed by atoms with van der Waals surface area (Å²) in [5.41, 5.74) is 1.73. The average molecular weight is 307 g/mol. The Hall–Kier alpha value is -2.47.